The van der Waals surface area contributed by atoms with E-state index >= 15 is 0 Å². The summed E-state index contributed by atoms with van der Waals surface area (Å²) in [5, 5.41) is 0. The van der Waals surface area contributed by atoms with Crippen LogP contribution in [0.25, 0.3) is 0 Å². The van der Waals surface area contributed by atoms with Crippen molar-refractivity contribution in [2.24, 2.45) is 17.8 Å². The fraction of sp³-hybridized carbons (Fsp3) is 0.733. The molecule has 0 fully saturated rings. The maximum atomic E-state index is 11.6. The first-order valence-corrected chi connectivity index (χ1v) is 13.7. The van der Waals surface area contributed by atoms with Crippen LogP contribution >= 0.6 is 0 Å². The Morgan fingerprint density at radius 3 is 2.03 bits per heavy atom. The Morgan fingerprint density at radius 1 is 0.886 bits per heavy atom. The summed E-state index contributed by atoms with van der Waals surface area (Å²) in [6.45, 7) is 14.3. The van der Waals surface area contributed by atoms with E-state index in [1.807, 2.05) is 6.07 Å². The highest BCUT2D eigenvalue weighted by Gasteiger charge is 2.34. The second kappa shape index (κ2) is 13.9. The summed E-state index contributed by atoms with van der Waals surface area (Å²) in [6.07, 6.45) is 13.0. The number of esters is 2. The third-order valence-electron chi connectivity index (χ3n) is 7.22. The molecule has 3 unspecified atom stereocenters. The van der Waals surface area contributed by atoms with Gasteiger partial charge in [-0.05, 0) is 62.5 Å². The smallest absolute Gasteiger partial charge is 0.308 e. The fourth-order valence-electron chi connectivity index (χ4n) is 5.10. The predicted molar refractivity (Wildman–Crippen MR) is 141 cm³/mol. The lowest BCUT2D eigenvalue weighted by Gasteiger charge is -2.37. The number of benzene rings is 1. The van der Waals surface area contributed by atoms with E-state index in [9.17, 15) is 9.59 Å². The Morgan fingerprint density at radius 2 is 1.46 bits per heavy atom. The largest absolute Gasteiger partial charge is 0.487 e. The number of ether oxygens (including phenoxy) is 3. The molecule has 5 nitrogen and oxygen atoms in total. The van der Waals surface area contributed by atoms with Gasteiger partial charge in [-0.3, -0.25) is 9.59 Å². The summed E-state index contributed by atoms with van der Waals surface area (Å²) in [5.41, 5.74) is 0.556. The van der Waals surface area contributed by atoms with Gasteiger partial charge in [0.15, 0.2) is 11.5 Å². The van der Waals surface area contributed by atoms with E-state index < -0.39 is 11.9 Å². The summed E-state index contributed by atoms with van der Waals surface area (Å²) in [6, 6.07) is 3.47. The van der Waals surface area contributed by atoms with Crippen LogP contribution in [0, 0.1) is 17.8 Å². The number of hydrogen-bond donors (Lipinski definition) is 0. The zero-order chi connectivity index (χ0) is 26.0. The van der Waals surface area contributed by atoms with Gasteiger partial charge in [0.25, 0.3) is 0 Å². The van der Waals surface area contributed by atoms with E-state index in [1.54, 1.807) is 6.07 Å². The first kappa shape index (κ1) is 29.2. The lowest BCUT2D eigenvalue weighted by molar-refractivity contribution is -0.134. The molecule has 35 heavy (non-hydrogen) atoms. The number of carbonyl (C=O) groups excluding carboxylic acids is 2. The first-order valence-electron chi connectivity index (χ1n) is 13.7. The van der Waals surface area contributed by atoms with Gasteiger partial charge in [0.1, 0.15) is 11.4 Å². The Bertz CT molecular complexity index is 830. The number of rotatable bonds is 14. The molecule has 0 N–H and O–H groups in total. The van der Waals surface area contributed by atoms with E-state index in [1.165, 1.54) is 58.8 Å². The van der Waals surface area contributed by atoms with Crippen LogP contribution in [0.4, 0.5) is 0 Å². The molecule has 0 radical (unpaired) electrons. The van der Waals surface area contributed by atoms with Crippen molar-refractivity contribution in [1.29, 1.82) is 0 Å². The molecule has 1 heterocycles. The van der Waals surface area contributed by atoms with Crippen molar-refractivity contribution in [3.05, 3.63) is 17.7 Å². The highest BCUT2D eigenvalue weighted by Crippen LogP contribution is 2.45. The zero-order valence-corrected chi connectivity index (χ0v) is 23.2. The predicted octanol–water partition coefficient (Wildman–Crippen LogP) is 8.06. The van der Waals surface area contributed by atoms with Gasteiger partial charge in [-0.2, -0.15) is 0 Å². The van der Waals surface area contributed by atoms with Crippen LogP contribution < -0.4 is 14.2 Å². The van der Waals surface area contributed by atoms with Crippen molar-refractivity contribution < 1.29 is 23.8 Å². The van der Waals surface area contributed by atoms with E-state index in [-0.39, 0.29) is 11.4 Å². The molecule has 0 amide bonds. The van der Waals surface area contributed by atoms with E-state index in [2.05, 4.69) is 34.6 Å². The Labute approximate surface area is 213 Å². The fourth-order valence-corrected chi connectivity index (χ4v) is 5.10. The van der Waals surface area contributed by atoms with Gasteiger partial charge in [0.2, 0.25) is 0 Å². The molecule has 0 bridgehead atoms. The minimum Gasteiger partial charge on any atom is -0.487 e. The lowest BCUT2D eigenvalue weighted by Crippen LogP contribution is -2.36. The molecular formula is C30H48O5. The number of carbonyl (C=O) groups is 2. The van der Waals surface area contributed by atoms with Crippen molar-refractivity contribution in [1.82, 2.24) is 0 Å². The summed E-state index contributed by atoms with van der Waals surface area (Å²) in [5.74, 6) is 2.79. The Balaban J connectivity index is 1.82. The van der Waals surface area contributed by atoms with Crippen LogP contribution in [-0.2, 0) is 16.0 Å². The highest BCUT2D eigenvalue weighted by atomic mass is 16.6. The molecule has 0 spiro atoms. The van der Waals surface area contributed by atoms with Gasteiger partial charge in [0.05, 0.1) is 0 Å². The van der Waals surface area contributed by atoms with Crippen molar-refractivity contribution in [3.63, 3.8) is 0 Å². The molecule has 0 saturated heterocycles. The van der Waals surface area contributed by atoms with Crippen LogP contribution in [0.15, 0.2) is 12.1 Å². The molecule has 1 aliphatic rings. The van der Waals surface area contributed by atoms with Crippen LogP contribution in [0.1, 0.15) is 118 Å². The summed E-state index contributed by atoms with van der Waals surface area (Å²) in [4.78, 5) is 23.1. The molecule has 198 valence electrons. The second-order valence-electron chi connectivity index (χ2n) is 11.5. The molecule has 0 aromatic heterocycles. The summed E-state index contributed by atoms with van der Waals surface area (Å²) < 4.78 is 17.1. The number of hydrogen-bond acceptors (Lipinski definition) is 5. The topological polar surface area (TPSA) is 61.8 Å². The van der Waals surface area contributed by atoms with E-state index in [4.69, 9.17) is 14.2 Å². The second-order valence-corrected chi connectivity index (χ2v) is 11.5. The van der Waals surface area contributed by atoms with Crippen molar-refractivity contribution in [2.75, 3.05) is 0 Å². The number of fused-ring (bicyclic) bond motifs is 1. The monoisotopic (exact) mass is 488 g/mol. The van der Waals surface area contributed by atoms with Crippen LogP contribution in [-0.4, -0.2) is 17.5 Å². The molecule has 0 saturated carbocycles. The average molecular weight is 489 g/mol. The molecule has 0 aliphatic carbocycles. The summed E-state index contributed by atoms with van der Waals surface area (Å²) in [7, 11) is 0. The lowest BCUT2D eigenvalue weighted by atomic mass is 9.86. The van der Waals surface area contributed by atoms with Crippen molar-refractivity contribution in [2.45, 2.75) is 125 Å². The molecule has 5 heteroatoms. The maximum Gasteiger partial charge on any atom is 0.308 e. The normalized spacial score (nSPS) is 19.0. The zero-order valence-electron chi connectivity index (χ0n) is 23.2. The minimum atomic E-state index is -0.449. The van der Waals surface area contributed by atoms with Gasteiger partial charge in [-0.25, -0.2) is 0 Å². The standard InChI is InChI=1S/C30H48O5/c1-21(2)11-8-12-22(3)13-9-14-23(4)15-10-19-30(7)20-18-26-27(35-30)16-17-28(33-24(5)31)29(26)34-25(6)32/h16-17,21-23H,8-15,18-20H2,1-7H3. The SMILES string of the molecule is CC(=O)Oc1ccc2c(c1OC(C)=O)CCC(C)(CCCC(C)CCCC(C)CCCC(C)C)O2. The van der Waals surface area contributed by atoms with Crippen molar-refractivity contribution in [3.8, 4) is 17.2 Å². The molecule has 1 aromatic rings. The Kier molecular flexibility index (Phi) is 11.6. The molecule has 1 aliphatic heterocycles. The van der Waals surface area contributed by atoms with Gasteiger partial charge in [-0.1, -0.05) is 72.6 Å². The average Bonchev–Trinajstić information content (AvgIpc) is 2.74. The van der Waals surface area contributed by atoms with Gasteiger partial charge < -0.3 is 14.2 Å². The Hall–Kier alpha value is -2.04. The van der Waals surface area contributed by atoms with Crippen LogP contribution in [0.5, 0.6) is 17.2 Å². The third-order valence-corrected chi connectivity index (χ3v) is 7.22. The van der Waals surface area contributed by atoms with Gasteiger partial charge >= 0.3 is 11.9 Å². The quantitative estimate of drug-likeness (QED) is 0.196. The minimum absolute atomic E-state index is 0.242. The van der Waals surface area contributed by atoms with E-state index in [0.29, 0.717) is 17.9 Å². The molecule has 2 rings (SSSR count). The molecular weight excluding hydrogens is 440 g/mol. The molecule has 3 atom stereocenters. The van der Waals surface area contributed by atoms with E-state index in [0.717, 1.165) is 42.6 Å². The first-order chi connectivity index (χ1) is 16.5. The van der Waals surface area contributed by atoms with Gasteiger partial charge in [-0.15, -0.1) is 0 Å². The summed E-state index contributed by atoms with van der Waals surface area (Å²) >= 11 is 0. The van der Waals surface area contributed by atoms with Crippen molar-refractivity contribution >= 4 is 11.9 Å². The molecule has 1 aromatic carbocycles. The third kappa shape index (κ3) is 10.2. The highest BCUT2D eigenvalue weighted by molar-refractivity contribution is 5.75. The van der Waals surface area contributed by atoms with Crippen LogP contribution in [0.2, 0.25) is 0 Å². The van der Waals surface area contributed by atoms with Gasteiger partial charge in [0, 0.05) is 19.4 Å². The van der Waals surface area contributed by atoms with Crippen LogP contribution in [0.3, 0.4) is 0 Å². The maximum absolute atomic E-state index is 11.6.